The summed E-state index contributed by atoms with van der Waals surface area (Å²) in [7, 11) is 1.52. The molecular formula is C8H12N2O3. The summed E-state index contributed by atoms with van der Waals surface area (Å²) in [4.78, 5) is 22.6. The summed E-state index contributed by atoms with van der Waals surface area (Å²) < 4.78 is 4.85. The molecule has 13 heavy (non-hydrogen) atoms. The van der Waals surface area contributed by atoms with E-state index in [4.69, 9.17) is 4.74 Å². The van der Waals surface area contributed by atoms with E-state index in [-0.39, 0.29) is 25.0 Å². The second-order valence-corrected chi connectivity index (χ2v) is 2.85. The van der Waals surface area contributed by atoms with E-state index >= 15 is 0 Å². The van der Waals surface area contributed by atoms with Gasteiger partial charge in [0.25, 0.3) is 11.8 Å². The smallest absolute Gasteiger partial charge is 0.271 e. The Labute approximate surface area is 76.5 Å². The molecule has 1 fully saturated rings. The van der Waals surface area contributed by atoms with Gasteiger partial charge in [-0.2, -0.15) is 0 Å². The van der Waals surface area contributed by atoms with Gasteiger partial charge in [-0.15, -0.1) is 0 Å². The first-order valence-electron chi connectivity index (χ1n) is 3.86. The minimum atomic E-state index is -0.277. The van der Waals surface area contributed by atoms with E-state index in [1.807, 2.05) is 0 Å². The number of carbonyl (C=O) groups excluding carboxylic acids is 2. The average Bonchev–Trinajstić information content (AvgIpc) is 2.13. The highest BCUT2D eigenvalue weighted by molar-refractivity contribution is 5.86. The standard InChI is InChI=1S/C8H12N2O3/c1-6(2)10-8(12)5-13-4-7(11)9(10)3/h1,4-5H2,2-3H3. The van der Waals surface area contributed by atoms with E-state index in [9.17, 15) is 9.59 Å². The average molecular weight is 184 g/mol. The number of hydrogen-bond donors (Lipinski definition) is 0. The molecule has 0 atom stereocenters. The van der Waals surface area contributed by atoms with Crippen molar-refractivity contribution in [3.05, 3.63) is 12.3 Å². The molecule has 0 unspecified atom stereocenters. The first-order valence-corrected chi connectivity index (χ1v) is 3.86. The molecule has 1 heterocycles. The number of likely N-dealkylation sites (N-methyl/N-ethyl adjacent to an activating group) is 1. The monoisotopic (exact) mass is 184 g/mol. The molecule has 1 saturated heterocycles. The van der Waals surface area contributed by atoms with Crippen molar-refractivity contribution in [2.75, 3.05) is 20.3 Å². The first-order chi connectivity index (χ1) is 6.04. The maximum absolute atomic E-state index is 11.4. The van der Waals surface area contributed by atoms with Gasteiger partial charge in [-0.3, -0.25) is 9.59 Å². The van der Waals surface area contributed by atoms with Crippen LogP contribution < -0.4 is 0 Å². The molecule has 0 aromatic carbocycles. The van der Waals surface area contributed by atoms with Gasteiger partial charge in [-0.05, 0) is 6.92 Å². The van der Waals surface area contributed by atoms with Crippen LogP contribution in [0.2, 0.25) is 0 Å². The fourth-order valence-corrected chi connectivity index (χ4v) is 1.13. The van der Waals surface area contributed by atoms with Gasteiger partial charge in [0.15, 0.2) is 0 Å². The van der Waals surface area contributed by atoms with Crippen LogP contribution in [0.1, 0.15) is 6.92 Å². The van der Waals surface area contributed by atoms with Crippen LogP contribution in [0.4, 0.5) is 0 Å². The Morgan fingerprint density at radius 3 is 2.46 bits per heavy atom. The van der Waals surface area contributed by atoms with Crippen LogP contribution in [-0.2, 0) is 14.3 Å². The third kappa shape index (κ3) is 1.86. The van der Waals surface area contributed by atoms with E-state index in [1.165, 1.54) is 17.1 Å². The Kier molecular flexibility index (Phi) is 2.67. The molecule has 0 aromatic rings. The molecule has 5 heteroatoms. The molecule has 0 radical (unpaired) electrons. The number of allylic oxidation sites excluding steroid dienone is 1. The summed E-state index contributed by atoms with van der Waals surface area (Å²) in [6, 6.07) is 0. The summed E-state index contributed by atoms with van der Waals surface area (Å²) in [6.07, 6.45) is 0. The van der Waals surface area contributed by atoms with Crippen molar-refractivity contribution in [3.63, 3.8) is 0 Å². The molecule has 1 aliphatic rings. The molecule has 5 nitrogen and oxygen atoms in total. The number of carbonyl (C=O) groups is 2. The van der Waals surface area contributed by atoms with Gasteiger partial charge in [-0.1, -0.05) is 6.58 Å². The maximum Gasteiger partial charge on any atom is 0.271 e. The molecule has 0 bridgehead atoms. The lowest BCUT2D eigenvalue weighted by molar-refractivity contribution is -0.152. The number of hydrazine groups is 1. The van der Waals surface area contributed by atoms with Crippen molar-refractivity contribution in [3.8, 4) is 0 Å². The van der Waals surface area contributed by atoms with E-state index in [0.717, 1.165) is 0 Å². The van der Waals surface area contributed by atoms with E-state index in [0.29, 0.717) is 5.70 Å². The topological polar surface area (TPSA) is 49.9 Å². The lowest BCUT2D eigenvalue weighted by Gasteiger charge is -2.28. The number of ether oxygens (including phenoxy) is 1. The van der Waals surface area contributed by atoms with Gasteiger partial charge < -0.3 is 4.74 Å². The van der Waals surface area contributed by atoms with Crippen molar-refractivity contribution in [2.24, 2.45) is 0 Å². The van der Waals surface area contributed by atoms with Crippen molar-refractivity contribution < 1.29 is 14.3 Å². The van der Waals surface area contributed by atoms with Crippen molar-refractivity contribution >= 4 is 11.8 Å². The number of rotatable bonds is 1. The van der Waals surface area contributed by atoms with Crippen LogP contribution >= 0.6 is 0 Å². The number of nitrogens with zero attached hydrogens (tertiary/aromatic N) is 2. The number of amides is 2. The van der Waals surface area contributed by atoms with Gasteiger partial charge in [-0.25, -0.2) is 10.0 Å². The summed E-state index contributed by atoms with van der Waals surface area (Å²) >= 11 is 0. The van der Waals surface area contributed by atoms with Crippen molar-refractivity contribution in [1.29, 1.82) is 0 Å². The van der Waals surface area contributed by atoms with Crippen LogP contribution in [0.25, 0.3) is 0 Å². The lowest BCUT2D eigenvalue weighted by atomic mass is 10.5. The van der Waals surface area contributed by atoms with Crippen LogP contribution in [-0.4, -0.2) is 42.1 Å². The van der Waals surface area contributed by atoms with Gasteiger partial charge in [0.2, 0.25) is 0 Å². The zero-order valence-electron chi connectivity index (χ0n) is 7.74. The molecule has 72 valence electrons. The Morgan fingerprint density at radius 1 is 1.38 bits per heavy atom. The predicted octanol–water partition coefficient (Wildman–Crippen LogP) is -0.248. The molecule has 1 rings (SSSR count). The summed E-state index contributed by atoms with van der Waals surface area (Å²) in [5, 5.41) is 2.44. The molecule has 0 spiro atoms. The van der Waals surface area contributed by atoms with Crippen LogP contribution in [0.15, 0.2) is 12.3 Å². The lowest BCUT2D eigenvalue weighted by Crippen LogP contribution is -2.45. The van der Waals surface area contributed by atoms with E-state index < -0.39 is 0 Å². The van der Waals surface area contributed by atoms with Gasteiger partial charge in [0, 0.05) is 12.7 Å². The van der Waals surface area contributed by atoms with E-state index in [1.54, 1.807) is 6.92 Å². The predicted molar refractivity (Wildman–Crippen MR) is 45.2 cm³/mol. The third-order valence-electron chi connectivity index (χ3n) is 1.71. The fourth-order valence-electron chi connectivity index (χ4n) is 1.13. The molecule has 0 saturated carbocycles. The van der Waals surface area contributed by atoms with Gasteiger partial charge in [0.05, 0.1) is 0 Å². The van der Waals surface area contributed by atoms with Crippen LogP contribution in [0, 0.1) is 0 Å². The Hall–Kier alpha value is -1.36. The second-order valence-electron chi connectivity index (χ2n) is 2.85. The maximum atomic E-state index is 11.4. The minimum Gasteiger partial charge on any atom is -0.362 e. The van der Waals surface area contributed by atoms with Crippen LogP contribution in [0.5, 0.6) is 0 Å². The molecule has 0 N–H and O–H groups in total. The first kappa shape index (κ1) is 9.73. The molecule has 0 aliphatic carbocycles. The summed E-state index contributed by atoms with van der Waals surface area (Å²) in [6.45, 7) is 5.13. The molecular weight excluding hydrogens is 172 g/mol. The minimum absolute atomic E-state index is 0.0635. The summed E-state index contributed by atoms with van der Waals surface area (Å²) in [5.74, 6) is -0.533. The second kappa shape index (κ2) is 3.57. The Morgan fingerprint density at radius 2 is 1.92 bits per heavy atom. The molecule has 1 aliphatic heterocycles. The van der Waals surface area contributed by atoms with E-state index in [2.05, 4.69) is 6.58 Å². The third-order valence-corrected chi connectivity index (χ3v) is 1.71. The van der Waals surface area contributed by atoms with Crippen LogP contribution in [0.3, 0.4) is 0 Å². The fraction of sp³-hybridized carbons (Fsp3) is 0.500. The summed E-state index contributed by atoms with van der Waals surface area (Å²) in [5.41, 5.74) is 0.506. The normalized spacial score (nSPS) is 18.9. The molecule has 2 amide bonds. The van der Waals surface area contributed by atoms with Gasteiger partial charge in [0.1, 0.15) is 13.2 Å². The van der Waals surface area contributed by atoms with Crippen molar-refractivity contribution in [1.82, 2.24) is 10.0 Å². The Bertz CT molecular complexity index is 262. The quantitative estimate of drug-likeness (QED) is 0.564. The molecule has 0 aromatic heterocycles. The van der Waals surface area contributed by atoms with Crippen molar-refractivity contribution in [2.45, 2.75) is 6.92 Å². The SMILES string of the molecule is C=C(C)N1C(=O)COCC(=O)N1C. The zero-order chi connectivity index (χ0) is 10.0. The largest absolute Gasteiger partial charge is 0.362 e. The highest BCUT2D eigenvalue weighted by Gasteiger charge is 2.26. The van der Waals surface area contributed by atoms with Gasteiger partial charge >= 0.3 is 0 Å². The highest BCUT2D eigenvalue weighted by atomic mass is 16.5. The zero-order valence-corrected chi connectivity index (χ0v) is 7.74. The number of hydrogen-bond acceptors (Lipinski definition) is 3. The Balaban J connectivity index is 2.91. The highest BCUT2D eigenvalue weighted by Crippen LogP contribution is 2.09.